The number of H-pyrrole nitrogens is 1. The molecule has 0 saturated heterocycles. The second-order valence-electron chi connectivity index (χ2n) is 3.53. The predicted octanol–water partition coefficient (Wildman–Crippen LogP) is 2.38. The summed E-state index contributed by atoms with van der Waals surface area (Å²) in [5.74, 6) is 0.220. The summed E-state index contributed by atoms with van der Waals surface area (Å²) < 4.78 is 36.9. The number of hydrogen-bond acceptors (Lipinski definition) is 3. The first-order valence-electron chi connectivity index (χ1n) is 4.73. The van der Waals surface area contributed by atoms with E-state index in [-0.39, 0.29) is 5.95 Å². The number of halogens is 3. The van der Waals surface area contributed by atoms with Crippen molar-refractivity contribution in [1.82, 2.24) is 15.0 Å². The van der Waals surface area contributed by atoms with E-state index in [1.54, 1.807) is 6.92 Å². The second-order valence-corrected chi connectivity index (χ2v) is 3.53. The van der Waals surface area contributed by atoms with Gasteiger partial charge in [-0.05, 0) is 19.1 Å². The van der Waals surface area contributed by atoms with Crippen molar-refractivity contribution in [2.75, 3.05) is 5.73 Å². The molecule has 3 N–H and O–H groups in total. The van der Waals surface area contributed by atoms with Crippen molar-refractivity contribution in [3.63, 3.8) is 0 Å². The van der Waals surface area contributed by atoms with Gasteiger partial charge in [-0.3, -0.25) is 4.98 Å². The van der Waals surface area contributed by atoms with E-state index in [1.165, 1.54) is 6.07 Å². The molecule has 0 amide bonds. The maximum Gasteiger partial charge on any atom is 0.433 e. The van der Waals surface area contributed by atoms with Gasteiger partial charge >= 0.3 is 6.18 Å². The molecule has 0 unspecified atom stereocenters. The van der Waals surface area contributed by atoms with E-state index >= 15 is 0 Å². The number of hydrogen-bond donors (Lipinski definition) is 2. The Morgan fingerprint density at radius 3 is 2.41 bits per heavy atom. The highest BCUT2D eigenvalue weighted by atomic mass is 19.4. The van der Waals surface area contributed by atoms with E-state index in [0.29, 0.717) is 17.0 Å². The van der Waals surface area contributed by atoms with Crippen molar-refractivity contribution in [2.45, 2.75) is 13.1 Å². The molecule has 4 nitrogen and oxygen atoms in total. The minimum atomic E-state index is -4.43. The van der Waals surface area contributed by atoms with Crippen LogP contribution in [0.15, 0.2) is 18.3 Å². The lowest BCUT2D eigenvalue weighted by Crippen LogP contribution is -2.07. The molecular weight excluding hydrogens is 233 g/mol. The zero-order valence-electron chi connectivity index (χ0n) is 8.84. The van der Waals surface area contributed by atoms with Crippen LogP contribution in [0.25, 0.3) is 11.3 Å². The molecule has 0 radical (unpaired) electrons. The summed E-state index contributed by atoms with van der Waals surface area (Å²) in [6, 6.07) is 2.23. The minimum Gasteiger partial charge on any atom is -0.369 e. The standard InChI is InChI=1S/C10H9F3N4/c1-5-8(17-9(14)16-5)6-2-3-7(15-4-6)10(11,12)13/h2-4H,1H3,(H3,14,16,17). The lowest BCUT2D eigenvalue weighted by Gasteiger charge is -2.05. The van der Waals surface area contributed by atoms with Crippen molar-refractivity contribution < 1.29 is 13.2 Å². The number of pyridine rings is 1. The average Bonchev–Trinajstić information content (AvgIpc) is 2.57. The zero-order valence-corrected chi connectivity index (χ0v) is 8.84. The van der Waals surface area contributed by atoms with Crippen LogP contribution < -0.4 is 5.73 Å². The fourth-order valence-corrected chi connectivity index (χ4v) is 1.47. The average molecular weight is 242 g/mol. The van der Waals surface area contributed by atoms with Gasteiger partial charge in [0.2, 0.25) is 0 Å². The summed E-state index contributed by atoms with van der Waals surface area (Å²) in [7, 11) is 0. The summed E-state index contributed by atoms with van der Waals surface area (Å²) in [6.45, 7) is 1.73. The molecule has 0 saturated carbocycles. The molecular formula is C10H9F3N4. The molecule has 2 aromatic rings. The Labute approximate surface area is 94.7 Å². The molecule has 2 heterocycles. The normalized spacial score (nSPS) is 11.8. The second kappa shape index (κ2) is 3.76. The van der Waals surface area contributed by atoms with Crippen LogP contribution >= 0.6 is 0 Å². The molecule has 0 aromatic carbocycles. The Hall–Kier alpha value is -2.05. The van der Waals surface area contributed by atoms with E-state index in [4.69, 9.17) is 5.73 Å². The van der Waals surface area contributed by atoms with Crippen molar-refractivity contribution >= 4 is 5.95 Å². The highest BCUT2D eigenvalue weighted by molar-refractivity contribution is 5.62. The first kappa shape index (κ1) is 11.4. The molecule has 0 bridgehead atoms. The Morgan fingerprint density at radius 1 is 1.29 bits per heavy atom. The number of aromatic amines is 1. The molecule has 0 spiro atoms. The number of nitrogens with zero attached hydrogens (tertiary/aromatic N) is 2. The largest absolute Gasteiger partial charge is 0.433 e. The number of imidazole rings is 1. The van der Waals surface area contributed by atoms with E-state index in [9.17, 15) is 13.2 Å². The molecule has 0 aliphatic rings. The third-order valence-electron chi connectivity index (χ3n) is 2.23. The van der Waals surface area contributed by atoms with Crippen molar-refractivity contribution in [3.8, 4) is 11.3 Å². The van der Waals surface area contributed by atoms with Gasteiger partial charge in [0.1, 0.15) is 5.69 Å². The number of alkyl halides is 3. The maximum absolute atomic E-state index is 12.3. The first-order valence-corrected chi connectivity index (χ1v) is 4.73. The molecule has 0 fully saturated rings. The number of aryl methyl sites for hydroxylation is 1. The molecule has 7 heteroatoms. The molecule has 2 aromatic heterocycles. The topological polar surface area (TPSA) is 67.6 Å². The van der Waals surface area contributed by atoms with Crippen LogP contribution in [-0.2, 0) is 6.18 Å². The lowest BCUT2D eigenvalue weighted by molar-refractivity contribution is -0.141. The van der Waals surface area contributed by atoms with Crippen LogP contribution in [0.2, 0.25) is 0 Å². The fraction of sp³-hybridized carbons (Fsp3) is 0.200. The van der Waals surface area contributed by atoms with Gasteiger partial charge in [0.25, 0.3) is 0 Å². The number of anilines is 1. The summed E-state index contributed by atoms with van der Waals surface area (Å²) in [4.78, 5) is 10.1. The number of nitrogens with one attached hydrogen (secondary N) is 1. The monoisotopic (exact) mass is 242 g/mol. The van der Waals surface area contributed by atoms with Crippen LogP contribution in [0.4, 0.5) is 19.1 Å². The van der Waals surface area contributed by atoms with E-state index in [2.05, 4.69) is 15.0 Å². The number of rotatable bonds is 1. The molecule has 0 atom stereocenters. The number of nitrogens with two attached hydrogens (primary N) is 1. The maximum atomic E-state index is 12.3. The van der Waals surface area contributed by atoms with Gasteiger partial charge in [-0.25, -0.2) is 4.98 Å². The molecule has 0 aliphatic carbocycles. The number of aromatic nitrogens is 3. The van der Waals surface area contributed by atoms with Crippen LogP contribution in [0.1, 0.15) is 11.4 Å². The van der Waals surface area contributed by atoms with Gasteiger partial charge < -0.3 is 10.7 Å². The predicted molar refractivity (Wildman–Crippen MR) is 56.0 cm³/mol. The summed E-state index contributed by atoms with van der Waals surface area (Å²) >= 11 is 0. The Morgan fingerprint density at radius 2 is 2.00 bits per heavy atom. The van der Waals surface area contributed by atoms with Crippen molar-refractivity contribution in [2.24, 2.45) is 0 Å². The number of nitrogen functional groups attached to an aromatic ring is 1. The highest BCUT2D eigenvalue weighted by Crippen LogP contribution is 2.29. The molecule has 90 valence electrons. The fourth-order valence-electron chi connectivity index (χ4n) is 1.47. The first-order chi connectivity index (χ1) is 7.88. The lowest BCUT2D eigenvalue weighted by atomic mass is 10.1. The summed E-state index contributed by atoms with van der Waals surface area (Å²) in [5.41, 5.74) is 6.20. The van der Waals surface area contributed by atoms with Gasteiger partial charge in [-0.15, -0.1) is 0 Å². The SMILES string of the molecule is Cc1[nH]c(N)nc1-c1ccc(C(F)(F)F)nc1. The quantitative estimate of drug-likeness (QED) is 0.806. The van der Waals surface area contributed by atoms with Crippen molar-refractivity contribution in [3.05, 3.63) is 29.7 Å². The minimum absolute atomic E-state index is 0.220. The zero-order chi connectivity index (χ0) is 12.6. The Kier molecular flexibility index (Phi) is 2.53. The van der Waals surface area contributed by atoms with E-state index < -0.39 is 11.9 Å². The van der Waals surface area contributed by atoms with Gasteiger partial charge in [0, 0.05) is 17.5 Å². The van der Waals surface area contributed by atoms with Crippen LogP contribution in [-0.4, -0.2) is 15.0 Å². The molecule has 2 rings (SSSR count). The molecule has 17 heavy (non-hydrogen) atoms. The van der Waals surface area contributed by atoms with Crippen LogP contribution in [0.5, 0.6) is 0 Å². The van der Waals surface area contributed by atoms with E-state index in [1.807, 2.05) is 0 Å². The Bertz CT molecular complexity index is 527. The summed E-state index contributed by atoms with van der Waals surface area (Å²) in [5, 5.41) is 0. The van der Waals surface area contributed by atoms with Crippen LogP contribution in [0, 0.1) is 6.92 Å². The van der Waals surface area contributed by atoms with Crippen molar-refractivity contribution in [1.29, 1.82) is 0 Å². The third-order valence-corrected chi connectivity index (χ3v) is 2.23. The van der Waals surface area contributed by atoms with Crippen LogP contribution in [0.3, 0.4) is 0 Å². The summed E-state index contributed by atoms with van der Waals surface area (Å²) in [6.07, 6.45) is -3.30. The van der Waals surface area contributed by atoms with Gasteiger partial charge in [-0.2, -0.15) is 13.2 Å². The van der Waals surface area contributed by atoms with E-state index in [0.717, 1.165) is 12.3 Å². The van der Waals surface area contributed by atoms with Gasteiger partial charge in [-0.1, -0.05) is 0 Å². The molecule has 0 aliphatic heterocycles. The Balaban J connectivity index is 2.39. The third kappa shape index (κ3) is 2.22. The highest BCUT2D eigenvalue weighted by Gasteiger charge is 2.32. The van der Waals surface area contributed by atoms with Gasteiger partial charge in [0.05, 0.1) is 5.69 Å². The van der Waals surface area contributed by atoms with Gasteiger partial charge in [0.15, 0.2) is 5.95 Å². The smallest absolute Gasteiger partial charge is 0.369 e.